The Bertz CT molecular complexity index is 317. The van der Waals surface area contributed by atoms with E-state index in [-0.39, 0.29) is 6.29 Å². The lowest BCUT2D eigenvalue weighted by atomic mass is 9.72. The van der Waals surface area contributed by atoms with Crippen molar-refractivity contribution in [1.29, 1.82) is 0 Å². The molecule has 1 aliphatic carbocycles. The normalized spacial score (nSPS) is 35.1. The Morgan fingerprint density at radius 2 is 2.29 bits per heavy atom. The molecule has 17 heavy (non-hydrogen) atoms. The molecule has 0 unspecified atom stereocenters. The fraction of sp³-hybridized carbons (Fsp3) is 0.733. The lowest BCUT2D eigenvalue weighted by Gasteiger charge is -2.38. The third-order valence-electron chi connectivity index (χ3n) is 3.92. The largest absolute Gasteiger partial charge is 0.472 e. The van der Waals surface area contributed by atoms with Crippen LogP contribution in [0.4, 0.5) is 0 Å². The van der Waals surface area contributed by atoms with Crippen molar-refractivity contribution >= 4 is 0 Å². The average molecular weight is 236 g/mol. The topological polar surface area (TPSA) is 18.5 Å². The molecule has 0 amide bonds. The van der Waals surface area contributed by atoms with Crippen molar-refractivity contribution in [2.24, 2.45) is 11.8 Å². The van der Waals surface area contributed by atoms with Gasteiger partial charge in [0.1, 0.15) is 0 Å². The summed E-state index contributed by atoms with van der Waals surface area (Å²) >= 11 is 0. The zero-order valence-electron chi connectivity index (χ0n) is 11.2. The van der Waals surface area contributed by atoms with Crippen molar-refractivity contribution in [2.45, 2.75) is 52.7 Å². The number of fused-ring (bicyclic) bond motifs is 1. The Labute approximate surface area is 105 Å². The van der Waals surface area contributed by atoms with Gasteiger partial charge >= 0.3 is 0 Å². The van der Waals surface area contributed by atoms with E-state index in [0.717, 1.165) is 25.4 Å². The van der Waals surface area contributed by atoms with E-state index in [4.69, 9.17) is 9.47 Å². The molecule has 2 nitrogen and oxygen atoms in total. The van der Waals surface area contributed by atoms with Gasteiger partial charge in [0, 0.05) is 13.0 Å². The van der Waals surface area contributed by atoms with E-state index in [1.54, 1.807) is 0 Å². The number of hydrogen-bond donors (Lipinski definition) is 0. The van der Waals surface area contributed by atoms with Crippen LogP contribution in [-0.4, -0.2) is 12.9 Å². The molecule has 0 aromatic carbocycles. The minimum Gasteiger partial charge on any atom is -0.472 e. The van der Waals surface area contributed by atoms with Crippen LogP contribution in [0.15, 0.2) is 23.5 Å². The Hall–Kier alpha value is -0.760. The van der Waals surface area contributed by atoms with Gasteiger partial charge in [-0.3, -0.25) is 0 Å². The number of rotatable bonds is 3. The second kappa shape index (κ2) is 5.72. The quantitative estimate of drug-likeness (QED) is 0.736. The van der Waals surface area contributed by atoms with Crippen LogP contribution in [0.5, 0.6) is 0 Å². The maximum Gasteiger partial charge on any atom is 0.199 e. The van der Waals surface area contributed by atoms with E-state index in [2.05, 4.69) is 19.9 Å². The van der Waals surface area contributed by atoms with Crippen molar-refractivity contribution in [1.82, 2.24) is 0 Å². The van der Waals surface area contributed by atoms with E-state index >= 15 is 0 Å². The van der Waals surface area contributed by atoms with Crippen LogP contribution in [0.1, 0.15) is 46.5 Å². The summed E-state index contributed by atoms with van der Waals surface area (Å²) in [6, 6.07) is 0. The van der Waals surface area contributed by atoms with Crippen molar-refractivity contribution in [3.05, 3.63) is 23.5 Å². The molecule has 0 saturated heterocycles. The molecule has 2 heteroatoms. The van der Waals surface area contributed by atoms with E-state index in [1.807, 2.05) is 13.2 Å². The minimum atomic E-state index is -0.0304. The average Bonchev–Trinajstić information content (AvgIpc) is 2.34. The third-order valence-corrected chi connectivity index (χ3v) is 3.92. The SMILES string of the molecule is CC/C=C1\CC[C@@H](C)[C@@H]2C[C@H](OCC)OC=C12. The lowest BCUT2D eigenvalue weighted by Crippen LogP contribution is -2.31. The highest BCUT2D eigenvalue weighted by molar-refractivity contribution is 5.35. The molecule has 3 atom stereocenters. The highest BCUT2D eigenvalue weighted by Crippen LogP contribution is 2.43. The van der Waals surface area contributed by atoms with Crippen LogP contribution in [0, 0.1) is 11.8 Å². The van der Waals surface area contributed by atoms with Gasteiger partial charge < -0.3 is 9.47 Å². The second-order valence-electron chi connectivity index (χ2n) is 5.09. The van der Waals surface area contributed by atoms with Gasteiger partial charge in [-0.25, -0.2) is 0 Å². The minimum absolute atomic E-state index is 0.0304. The van der Waals surface area contributed by atoms with Crippen LogP contribution in [-0.2, 0) is 9.47 Å². The van der Waals surface area contributed by atoms with Crippen LogP contribution < -0.4 is 0 Å². The van der Waals surface area contributed by atoms with Crippen LogP contribution in [0.25, 0.3) is 0 Å². The van der Waals surface area contributed by atoms with Gasteiger partial charge in [0.25, 0.3) is 0 Å². The van der Waals surface area contributed by atoms with Crippen molar-refractivity contribution < 1.29 is 9.47 Å². The third kappa shape index (κ3) is 2.74. The molecule has 96 valence electrons. The molecule has 1 saturated carbocycles. The predicted molar refractivity (Wildman–Crippen MR) is 69.5 cm³/mol. The molecule has 0 bridgehead atoms. The fourth-order valence-corrected chi connectivity index (χ4v) is 2.97. The van der Waals surface area contributed by atoms with Crippen LogP contribution >= 0.6 is 0 Å². The molecular weight excluding hydrogens is 212 g/mol. The first-order chi connectivity index (χ1) is 8.26. The molecule has 0 N–H and O–H groups in total. The molecule has 1 heterocycles. The van der Waals surface area contributed by atoms with Crippen molar-refractivity contribution in [3.63, 3.8) is 0 Å². The van der Waals surface area contributed by atoms with E-state index < -0.39 is 0 Å². The first-order valence-corrected chi connectivity index (χ1v) is 6.92. The Balaban J connectivity index is 2.15. The summed E-state index contributed by atoms with van der Waals surface area (Å²) in [5, 5.41) is 0. The summed E-state index contributed by atoms with van der Waals surface area (Å²) in [4.78, 5) is 0. The zero-order chi connectivity index (χ0) is 12.3. The maximum absolute atomic E-state index is 5.69. The summed E-state index contributed by atoms with van der Waals surface area (Å²) in [5.41, 5.74) is 2.94. The van der Waals surface area contributed by atoms with E-state index in [0.29, 0.717) is 5.92 Å². The van der Waals surface area contributed by atoms with Gasteiger partial charge in [0.15, 0.2) is 6.29 Å². The van der Waals surface area contributed by atoms with Crippen molar-refractivity contribution in [2.75, 3.05) is 6.61 Å². The monoisotopic (exact) mass is 236 g/mol. The molecule has 2 aliphatic rings. The Kier molecular flexibility index (Phi) is 4.27. The smallest absolute Gasteiger partial charge is 0.199 e. The lowest BCUT2D eigenvalue weighted by molar-refractivity contribution is -0.125. The van der Waals surface area contributed by atoms with E-state index in [9.17, 15) is 0 Å². The number of ether oxygens (including phenoxy) is 2. The molecular formula is C15H24O2. The molecule has 2 rings (SSSR count). The maximum atomic E-state index is 5.69. The summed E-state index contributed by atoms with van der Waals surface area (Å²) in [5.74, 6) is 1.38. The second-order valence-corrected chi connectivity index (χ2v) is 5.09. The Morgan fingerprint density at radius 3 is 3.00 bits per heavy atom. The first kappa shape index (κ1) is 12.7. The molecule has 0 radical (unpaired) electrons. The summed E-state index contributed by atoms with van der Waals surface area (Å²) in [7, 11) is 0. The fourth-order valence-electron chi connectivity index (χ4n) is 2.97. The highest BCUT2D eigenvalue weighted by Gasteiger charge is 2.34. The summed E-state index contributed by atoms with van der Waals surface area (Å²) < 4.78 is 11.3. The number of hydrogen-bond acceptors (Lipinski definition) is 2. The van der Waals surface area contributed by atoms with Crippen LogP contribution in [0.2, 0.25) is 0 Å². The highest BCUT2D eigenvalue weighted by atomic mass is 16.7. The molecule has 1 aliphatic heterocycles. The van der Waals surface area contributed by atoms with Gasteiger partial charge in [-0.2, -0.15) is 0 Å². The standard InChI is InChI=1S/C15H24O2/c1-4-6-12-8-7-11(3)13-9-15(16-5-2)17-10-14(12)13/h6,10-11,13,15H,4-5,7-9H2,1-3H3/b12-6+/t11-,13+,15-/m1/s1. The van der Waals surface area contributed by atoms with Crippen LogP contribution in [0.3, 0.4) is 0 Å². The number of allylic oxidation sites excluding steroid dienone is 3. The van der Waals surface area contributed by atoms with Gasteiger partial charge in [0.2, 0.25) is 0 Å². The summed E-state index contributed by atoms with van der Waals surface area (Å²) in [6.07, 6.45) is 8.93. The molecule has 1 fully saturated rings. The van der Waals surface area contributed by atoms with Gasteiger partial charge in [-0.05, 0) is 49.2 Å². The Morgan fingerprint density at radius 1 is 1.47 bits per heavy atom. The molecule has 0 aromatic rings. The van der Waals surface area contributed by atoms with Gasteiger partial charge in [0.05, 0.1) is 6.26 Å². The zero-order valence-corrected chi connectivity index (χ0v) is 11.2. The van der Waals surface area contributed by atoms with Gasteiger partial charge in [-0.15, -0.1) is 0 Å². The van der Waals surface area contributed by atoms with Gasteiger partial charge in [-0.1, -0.05) is 19.9 Å². The first-order valence-electron chi connectivity index (χ1n) is 6.92. The molecule has 0 aromatic heterocycles. The predicted octanol–water partition coefficient (Wildman–Crippen LogP) is 4.04. The van der Waals surface area contributed by atoms with Crippen molar-refractivity contribution in [3.8, 4) is 0 Å². The molecule has 0 spiro atoms. The summed E-state index contributed by atoms with van der Waals surface area (Å²) in [6.45, 7) is 7.31. The van der Waals surface area contributed by atoms with E-state index in [1.165, 1.54) is 24.0 Å².